The number of rotatable bonds is 2. The molecule has 1 aromatic carbocycles. The van der Waals surface area contributed by atoms with E-state index in [1.807, 2.05) is 24.3 Å². The van der Waals surface area contributed by atoms with Gasteiger partial charge in [-0.2, -0.15) is 0 Å². The van der Waals surface area contributed by atoms with Gasteiger partial charge in [0.1, 0.15) is 5.75 Å². The van der Waals surface area contributed by atoms with Gasteiger partial charge in [-0.3, -0.25) is 4.90 Å². The normalized spacial score (nSPS) is 32.0. The van der Waals surface area contributed by atoms with Crippen molar-refractivity contribution in [3.63, 3.8) is 0 Å². The third kappa shape index (κ3) is 3.20. The Labute approximate surface area is 167 Å². The number of piperidine rings is 3. The number of hydrogen-bond donors (Lipinski definition) is 1. The fourth-order valence-electron chi connectivity index (χ4n) is 6.07. The van der Waals surface area contributed by atoms with Crippen LogP contribution in [0.3, 0.4) is 0 Å². The van der Waals surface area contributed by atoms with E-state index in [-0.39, 0.29) is 12.1 Å². The Bertz CT molecular complexity index is 760. The number of urea groups is 1. The van der Waals surface area contributed by atoms with Gasteiger partial charge >= 0.3 is 6.03 Å². The number of nitrogens with zero attached hydrogens (tertiary/aromatic N) is 2. The van der Waals surface area contributed by atoms with E-state index in [0.29, 0.717) is 11.8 Å². The molecule has 150 valence electrons. The van der Waals surface area contributed by atoms with E-state index < -0.39 is 0 Å². The number of fused-ring (bicyclic) bond motifs is 6. The first-order chi connectivity index (χ1) is 13.7. The van der Waals surface area contributed by atoms with Crippen LogP contribution in [0.25, 0.3) is 0 Å². The molecule has 0 radical (unpaired) electrons. The van der Waals surface area contributed by atoms with Gasteiger partial charge in [0.15, 0.2) is 0 Å². The van der Waals surface area contributed by atoms with Gasteiger partial charge in [0, 0.05) is 24.8 Å². The fraction of sp³-hybridized carbons (Fsp3) is 0.609. The maximum absolute atomic E-state index is 13.2. The van der Waals surface area contributed by atoms with Crippen LogP contribution in [-0.2, 0) is 0 Å². The highest BCUT2D eigenvalue weighted by molar-refractivity contribution is 5.90. The number of hydrogen-bond acceptors (Lipinski definition) is 3. The predicted molar refractivity (Wildman–Crippen MR) is 111 cm³/mol. The van der Waals surface area contributed by atoms with Gasteiger partial charge in [0.2, 0.25) is 0 Å². The number of carbonyl (C=O) groups is 1. The first-order valence-corrected chi connectivity index (χ1v) is 10.9. The minimum atomic E-state index is 0.0417. The molecular formula is C23H31N3O2. The molecule has 0 saturated carbocycles. The molecule has 3 heterocycles. The van der Waals surface area contributed by atoms with Crippen molar-refractivity contribution in [1.29, 1.82) is 0 Å². The van der Waals surface area contributed by atoms with Crippen LogP contribution in [0.1, 0.15) is 38.5 Å². The molecule has 3 saturated heterocycles. The van der Waals surface area contributed by atoms with E-state index in [1.54, 1.807) is 7.11 Å². The van der Waals surface area contributed by atoms with Crippen LogP contribution in [0, 0.1) is 11.8 Å². The summed E-state index contributed by atoms with van der Waals surface area (Å²) in [6.07, 6.45) is 10.1. The Morgan fingerprint density at radius 1 is 1.14 bits per heavy atom. The molecule has 5 nitrogen and oxygen atoms in total. The van der Waals surface area contributed by atoms with Crippen molar-refractivity contribution in [3.05, 3.63) is 35.9 Å². The van der Waals surface area contributed by atoms with Gasteiger partial charge in [0.25, 0.3) is 0 Å². The summed E-state index contributed by atoms with van der Waals surface area (Å²) in [6.45, 7) is 3.26. The van der Waals surface area contributed by atoms with Crippen LogP contribution in [0.4, 0.5) is 10.5 Å². The molecule has 2 bridgehead atoms. The van der Waals surface area contributed by atoms with Crippen molar-refractivity contribution in [1.82, 2.24) is 9.80 Å². The Hall–Kier alpha value is -2.01. The van der Waals surface area contributed by atoms with Crippen LogP contribution in [0.15, 0.2) is 35.9 Å². The van der Waals surface area contributed by atoms with E-state index in [0.717, 1.165) is 43.4 Å². The molecule has 28 heavy (non-hydrogen) atoms. The summed E-state index contributed by atoms with van der Waals surface area (Å²) in [5.41, 5.74) is 2.36. The molecule has 0 unspecified atom stereocenters. The van der Waals surface area contributed by atoms with E-state index in [2.05, 4.69) is 21.2 Å². The number of ether oxygens (including phenoxy) is 1. The molecule has 3 aliphatic heterocycles. The van der Waals surface area contributed by atoms with Crippen LogP contribution in [-0.4, -0.2) is 54.7 Å². The molecule has 5 heteroatoms. The number of anilines is 1. The van der Waals surface area contributed by atoms with Crippen molar-refractivity contribution in [2.75, 3.05) is 32.1 Å². The highest BCUT2D eigenvalue weighted by Crippen LogP contribution is 2.45. The van der Waals surface area contributed by atoms with Crippen LogP contribution in [0.2, 0.25) is 0 Å². The van der Waals surface area contributed by atoms with Crippen molar-refractivity contribution < 1.29 is 9.53 Å². The zero-order valence-corrected chi connectivity index (χ0v) is 16.8. The van der Waals surface area contributed by atoms with Crippen LogP contribution < -0.4 is 10.1 Å². The van der Waals surface area contributed by atoms with Gasteiger partial charge in [0.05, 0.1) is 13.2 Å². The molecule has 1 N–H and O–H groups in total. The molecule has 4 atom stereocenters. The average Bonchev–Trinajstić information content (AvgIpc) is 2.74. The topological polar surface area (TPSA) is 44.8 Å². The molecule has 3 fully saturated rings. The second-order valence-electron chi connectivity index (χ2n) is 8.86. The van der Waals surface area contributed by atoms with Crippen molar-refractivity contribution >= 4 is 11.7 Å². The number of carbonyl (C=O) groups excluding carboxylic acids is 1. The van der Waals surface area contributed by atoms with Crippen molar-refractivity contribution in [2.24, 2.45) is 11.8 Å². The largest absolute Gasteiger partial charge is 0.497 e. The SMILES string of the molecule is COc1ccc(NC(=O)N2CCCC3=C[C@@H]4C[C@H](CN5CCCC[C@H]45)[C@H]32)cc1. The van der Waals surface area contributed by atoms with Gasteiger partial charge in [-0.15, -0.1) is 0 Å². The number of methoxy groups -OCH3 is 1. The molecule has 1 aromatic rings. The standard InChI is InChI=1S/C23H31N3O2/c1-28-20-9-7-19(8-10-20)24-23(27)26-12-4-5-16-13-17-14-18(22(16)26)15-25-11-3-2-6-21(17)25/h7-10,13,17-18,21-22H,2-6,11-12,14-15H2,1H3,(H,24,27)/t17-,18-,21-,22+/m1/s1. The highest BCUT2D eigenvalue weighted by Gasteiger charge is 2.46. The van der Waals surface area contributed by atoms with Crippen LogP contribution in [0.5, 0.6) is 5.75 Å². The van der Waals surface area contributed by atoms with Gasteiger partial charge < -0.3 is 15.0 Å². The molecule has 0 aromatic heterocycles. The minimum Gasteiger partial charge on any atom is -0.497 e. The first-order valence-electron chi connectivity index (χ1n) is 10.9. The predicted octanol–water partition coefficient (Wildman–Crippen LogP) is 4.12. The van der Waals surface area contributed by atoms with E-state index >= 15 is 0 Å². The summed E-state index contributed by atoms with van der Waals surface area (Å²) in [5, 5.41) is 3.12. The minimum absolute atomic E-state index is 0.0417. The second-order valence-corrected chi connectivity index (χ2v) is 8.86. The number of nitrogens with one attached hydrogen (secondary N) is 1. The Morgan fingerprint density at radius 3 is 2.82 bits per heavy atom. The lowest BCUT2D eigenvalue weighted by molar-refractivity contribution is 0.00908. The third-order valence-corrected chi connectivity index (χ3v) is 7.26. The molecule has 1 aliphatic carbocycles. The quantitative estimate of drug-likeness (QED) is 0.784. The maximum Gasteiger partial charge on any atom is 0.322 e. The third-order valence-electron chi connectivity index (χ3n) is 7.26. The number of likely N-dealkylation sites (tertiary alicyclic amines) is 1. The number of amides is 2. The highest BCUT2D eigenvalue weighted by atomic mass is 16.5. The zero-order chi connectivity index (χ0) is 19.1. The first kappa shape index (κ1) is 18.0. The lowest BCUT2D eigenvalue weighted by atomic mass is 9.68. The summed E-state index contributed by atoms with van der Waals surface area (Å²) in [7, 11) is 1.66. The summed E-state index contributed by atoms with van der Waals surface area (Å²) >= 11 is 0. The smallest absolute Gasteiger partial charge is 0.322 e. The second kappa shape index (κ2) is 7.43. The Kier molecular flexibility index (Phi) is 4.79. The number of benzene rings is 1. The summed E-state index contributed by atoms with van der Waals surface area (Å²) in [6, 6.07) is 8.67. The summed E-state index contributed by atoms with van der Waals surface area (Å²) in [5.74, 6) is 2.09. The summed E-state index contributed by atoms with van der Waals surface area (Å²) < 4.78 is 5.21. The van der Waals surface area contributed by atoms with E-state index in [1.165, 1.54) is 37.8 Å². The Balaban J connectivity index is 1.35. The Morgan fingerprint density at radius 2 is 2.00 bits per heavy atom. The van der Waals surface area contributed by atoms with Crippen molar-refractivity contribution in [3.8, 4) is 5.75 Å². The molecule has 5 rings (SSSR count). The molecule has 0 spiro atoms. The van der Waals surface area contributed by atoms with E-state index in [9.17, 15) is 4.79 Å². The van der Waals surface area contributed by atoms with Gasteiger partial charge in [-0.05, 0) is 74.8 Å². The lowest BCUT2D eigenvalue weighted by Gasteiger charge is -2.54. The average molecular weight is 382 g/mol. The fourth-order valence-corrected chi connectivity index (χ4v) is 6.07. The maximum atomic E-state index is 13.2. The van der Waals surface area contributed by atoms with Gasteiger partial charge in [-0.25, -0.2) is 4.79 Å². The summed E-state index contributed by atoms with van der Waals surface area (Å²) in [4.78, 5) is 18.0. The monoisotopic (exact) mass is 381 g/mol. The van der Waals surface area contributed by atoms with Crippen molar-refractivity contribution in [2.45, 2.75) is 50.6 Å². The zero-order valence-electron chi connectivity index (χ0n) is 16.8. The van der Waals surface area contributed by atoms with Crippen LogP contribution >= 0.6 is 0 Å². The lowest BCUT2D eigenvalue weighted by Crippen LogP contribution is -2.60. The van der Waals surface area contributed by atoms with E-state index in [4.69, 9.17) is 4.74 Å². The van der Waals surface area contributed by atoms with Gasteiger partial charge in [-0.1, -0.05) is 18.1 Å². The molecule has 2 amide bonds. The molecule has 4 aliphatic rings. The molecular weight excluding hydrogens is 350 g/mol.